The third kappa shape index (κ3) is 4.31. The summed E-state index contributed by atoms with van der Waals surface area (Å²) >= 11 is 15.7. The lowest BCUT2D eigenvalue weighted by atomic mass is 10.2. The van der Waals surface area contributed by atoms with Crippen molar-refractivity contribution in [3.05, 3.63) is 56.5 Å². The van der Waals surface area contributed by atoms with Crippen molar-refractivity contribution < 1.29 is 4.74 Å². The van der Waals surface area contributed by atoms with Gasteiger partial charge in [0.1, 0.15) is 12.4 Å². The molecule has 21 heavy (non-hydrogen) atoms. The maximum absolute atomic E-state index is 6.19. The van der Waals surface area contributed by atoms with E-state index < -0.39 is 0 Å². The molecule has 2 aromatic carbocycles. The second kappa shape index (κ2) is 7.61. The quantitative estimate of drug-likeness (QED) is 0.698. The van der Waals surface area contributed by atoms with Gasteiger partial charge in [0.15, 0.2) is 0 Å². The van der Waals surface area contributed by atoms with Crippen molar-refractivity contribution in [2.24, 2.45) is 0 Å². The Bertz CT molecular complexity index is 659. The number of anilines is 1. The van der Waals surface area contributed by atoms with Crippen LogP contribution in [0.5, 0.6) is 5.75 Å². The summed E-state index contributed by atoms with van der Waals surface area (Å²) in [6, 6.07) is 11.2. The lowest BCUT2D eigenvalue weighted by Gasteiger charge is -2.13. The highest BCUT2D eigenvalue weighted by atomic mass is 79.9. The van der Waals surface area contributed by atoms with Crippen LogP contribution in [0, 0.1) is 12.3 Å². The molecule has 0 aliphatic carbocycles. The third-order valence-corrected chi connectivity index (χ3v) is 3.80. The number of benzene rings is 2. The van der Waals surface area contributed by atoms with Crippen LogP contribution in [-0.4, -0.2) is 6.61 Å². The van der Waals surface area contributed by atoms with Crippen LogP contribution in [0.3, 0.4) is 0 Å². The molecule has 0 amide bonds. The number of terminal acetylenes is 1. The monoisotopic (exact) mass is 383 g/mol. The molecular formula is C16H12BrCl2NO. The van der Waals surface area contributed by atoms with Crippen LogP contribution in [-0.2, 0) is 6.54 Å². The van der Waals surface area contributed by atoms with Crippen LogP contribution in [0.25, 0.3) is 0 Å². The summed E-state index contributed by atoms with van der Waals surface area (Å²) in [7, 11) is 0. The molecule has 0 saturated heterocycles. The molecular weight excluding hydrogens is 373 g/mol. The van der Waals surface area contributed by atoms with E-state index in [1.165, 1.54) is 0 Å². The Balaban J connectivity index is 2.16. The Morgan fingerprint density at radius 1 is 1.19 bits per heavy atom. The molecule has 0 spiro atoms. The van der Waals surface area contributed by atoms with E-state index in [1.807, 2.05) is 24.3 Å². The normalized spacial score (nSPS) is 10.0. The molecule has 0 aromatic heterocycles. The van der Waals surface area contributed by atoms with Crippen LogP contribution in [0.2, 0.25) is 10.0 Å². The van der Waals surface area contributed by atoms with E-state index in [0.717, 1.165) is 15.8 Å². The molecule has 2 nitrogen and oxygen atoms in total. The summed E-state index contributed by atoms with van der Waals surface area (Å²) in [6.45, 7) is 0.763. The van der Waals surface area contributed by atoms with Crippen LogP contribution in [0.15, 0.2) is 40.9 Å². The SMILES string of the molecule is C#CCOc1ccccc1CNc1c(Cl)cc(Br)cc1Cl. The zero-order chi connectivity index (χ0) is 15.2. The van der Waals surface area contributed by atoms with Crippen molar-refractivity contribution in [3.8, 4) is 18.1 Å². The van der Waals surface area contributed by atoms with Crippen LogP contribution in [0.1, 0.15) is 5.56 Å². The van der Waals surface area contributed by atoms with Gasteiger partial charge in [-0.25, -0.2) is 0 Å². The maximum atomic E-state index is 6.19. The van der Waals surface area contributed by atoms with E-state index in [1.54, 1.807) is 12.1 Å². The topological polar surface area (TPSA) is 21.3 Å². The molecule has 0 bridgehead atoms. The molecule has 0 aliphatic rings. The largest absolute Gasteiger partial charge is 0.481 e. The fourth-order valence-electron chi connectivity index (χ4n) is 1.80. The van der Waals surface area contributed by atoms with Crippen molar-refractivity contribution in [1.82, 2.24) is 0 Å². The summed E-state index contributed by atoms with van der Waals surface area (Å²) in [6.07, 6.45) is 5.22. The lowest BCUT2D eigenvalue weighted by molar-refractivity contribution is 0.366. The maximum Gasteiger partial charge on any atom is 0.148 e. The molecule has 0 atom stereocenters. The molecule has 2 rings (SSSR count). The van der Waals surface area contributed by atoms with Gasteiger partial charge in [-0.3, -0.25) is 0 Å². The van der Waals surface area contributed by atoms with E-state index in [-0.39, 0.29) is 6.61 Å². The van der Waals surface area contributed by atoms with Gasteiger partial charge in [-0.15, -0.1) is 6.42 Å². The second-order valence-electron chi connectivity index (χ2n) is 4.20. The minimum atomic E-state index is 0.233. The van der Waals surface area contributed by atoms with Gasteiger partial charge >= 0.3 is 0 Å². The molecule has 108 valence electrons. The van der Waals surface area contributed by atoms with Crippen molar-refractivity contribution in [3.63, 3.8) is 0 Å². The number of nitrogens with one attached hydrogen (secondary N) is 1. The number of ether oxygens (including phenoxy) is 1. The van der Waals surface area contributed by atoms with E-state index in [2.05, 4.69) is 27.2 Å². The van der Waals surface area contributed by atoms with Gasteiger partial charge in [-0.1, -0.05) is 63.3 Å². The Hall–Kier alpha value is -1.34. The highest BCUT2D eigenvalue weighted by Gasteiger charge is 2.09. The minimum absolute atomic E-state index is 0.233. The first-order chi connectivity index (χ1) is 10.1. The van der Waals surface area contributed by atoms with E-state index in [0.29, 0.717) is 22.3 Å². The Morgan fingerprint density at radius 2 is 1.86 bits per heavy atom. The van der Waals surface area contributed by atoms with Gasteiger partial charge < -0.3 is 10.1 Å². The van der Waals surface area contributed by atoms with Crippen LogP contribution < -0.4 is 10.1 Å². The van der Waals surface area contributed by atoms with Gasteiger partial charge in [0.2, 0.25) is 0 Å². The lowest BCUT2D eigenvalue weighted by Crippen LogP contribution is -2.04. The van der Waals surface area contributed by atoms with Crippen molar-refractivity contribution in [2.45, 2.75) is 6.54 Å². The van der Waals surface area contributed by atoms with Gasteiger partial charge in [-0.2, -0.15) is 0 Å². The summed E-state index contributed by atoms with van der Waals surface area (Å²) in [5.41, 5.74) is 1.66. The molecule has 0 aliphatic heterocycles. The smallest absolute Gasteiger partial charge is 0.148 e. The summed E-state index contributed by atoms with van der Waals surface area (Å²) < 4.78 is 6.34. The minimum Gasteiger partial charge on any atom is -0.481 e. The van der Waals surface area contributed by atoms with Gasteiger partial charge in [0.25, 0.3) is 0 Å². The highest BCUT2D eigenvalue weighted by Crippen LogP contribution is 2.34. The molecule has 0 unspecified atom stereocenters. The van der Waals surface area contributed by atoms with Gasteiger partial charge in [0, 0.05) is 16.6 Å². The number of para-hydroxylation sites is 1. The molecule has 1 N–H and O–H groups in total. The fraction of sp³-hybridized carbons (Fsp3) is 0.125. The molecule has 0 heterocycles. The summed E-state index contributed by atoms with van der Waals surface area (Å²) in [5.74, 6) is 3.19. The zero-order valence-electron chi connectivity index (χ0n) is 11.0. The number of hydrogen-bond donors (Lipinski definition) is 1. The summed E-state index contributed by atoms with van der Waals surface area (Å²) in [4.78, 5) is 0. The third-order valence-electron chi connectivity index (χ3n) is 2.75. The predicted molar refractivity (Wildman–Crippen MR) is 92.3 cm³/mol. The van der Waals surface area contributed by atoms with E-state index in [9.17, 15) is 0 Å². The van der Waals surface area contributed by atoms with Gasteiger partial charge in [-0.05, 0) is 18.2 Å². The molecule has 0 saturated carbocycles. The van der Waals surface area contributed by atoms with Gasteiger partial charge in [0.05, 0.1) is 15.7 Å². The van der Waals surface area contributed by atoms with E-state index >= 15 is 0 Å². The average Bonchev–Trinajstić information content (AvgIpc) is 2.45. The number of hydrogen-bond acceptors (Lipinski definition) is 2. The molecule has 0 radical (unpaired) electrons. The zero-order valence-corrected chi connectivity index (χ0v) is 14.1. The number of halogens is 3. The standard InChI is InChI=1S/C16H12BrCl2NO/c1-2-7-21-15-6-4-3-5-11(15)10-20-16-13(18)8-12(17)9-14(16)19/h1,3-6,8-9,20H,7,10H2. The first kappa shape index (κ1) is 16.0. The molecule has 0 fully saturated rings. The van der Waals surface area contributed by atoms with Crippen molar-refractivity contribution in [1.29, 1.82) is 0 Å². The van der Waals surface area contributed by atoms with E-state index in [4.69, 9.17) is 34.4 Å². The Morgan fingerprint density at radius 3 is 2.52 bits per heavy atom. The Kier molecular flexibility index (Phi) is 5.81. The van der Waals surface area contributed by atoms with Crippen LogP contribution >= 0.6 is 39.1 Å². The fourth-order valence-corrected chi connectivity index (χ4v) is 3.15. The highest BCUT2D eigenvalue weighted by molar-refractivity contribution is 9.10. The van der Waals surface area contributed by atoms with Crippen LogP contribution in [0.4, 0.5) is 5.69 Å². The first-order valence-corrected chi connectivity index (χ1v) is 7.69. The van der Waals surface area contributed by atoms with Crippen molar-refractivity contribution >= 4 is 44.8 Å². The molecule has 5 heteroatoms. The average molecular weight is 385 g/mol. The summed E-state index contributed by atoms with van der Waals surface area (Å²) in [5, 5.41) is 4.33. The predicted octanol–water partition coefficient (Wildman–Crippen LogP) is 5.38. The van der Waals surface area contributed by atoms with Crippen molar-refractivity contribution in [2.75, 3.05) is 11.9 Å². The second-order valence-corrected chi connectivity index (χ2v) is 5.93. The first-order valence-electron chi connectivity index (χ1n) is 6.14. The number of rotatable bonds is 5. The Labute approximate surface area is 142 Å². The molecule has 2 aromatic rings.